The minimum Gasteiger partial charge on any atom is -0.497 e. The van der Waals surface area contributed by atoms with Crippen molar-refractivity contribution >= 4 is 17.7 Å². The summed E-state index contributed by atoms with van der Waals surface area (Å²) in [6, 6.07) is 7.95. The maximum atomic E-state index is 13.1. The Kier molecular flexibility index (Phi) is 7.50. The number of rotatable bonds is 8. The number of benzene rings is 1. The van der Waals surface area contributed by atoms with E-state index in [9.17, 15) is 4.79 Å². The Morgan fingerprint density at radius 3 is 2.76 bits per heavy atom. The van der Waals surface area contributed by atoms with Gasteiger partial charge in [-0.3, -0.25) is 9.69 Å². The summed E-state index contributed by atoms with van der Waals surface area (Å²) in [5.41, 5.74) is 1.59. The highest BCUT2D eigenvalue weighted by molar-refractivity contribution is 7.98. The molecule has 0 N–H and O–H groups in total. The molecule has 29 heavy (non-hydrogen) atoms. The van der Waals surface area contributed by atoms with Gasteiger partial charge in [0.05, 0.1) is 19.1 Å². The van der Waals surface area contributed by atoms with Gasteiger partial charge in [-0.2, -0.15) is 0 Å². The topological polar surface area (TPSA) is 64.6 Å². The van der Waals surface area contributed by atoms with E-state index in [2.05, 4.69) is 20.9 Å². The third-order valence-corrected chi connectivity index (χ3v) is 5.89. The summed E-state index contributed by atoms with van der Waals surface area (Å²) < 4.78 is 10.9. The molecule has 6 nitrogen and oxygen atoms in total. The SMILES string of the molecule is CCOC(=O)[C@]1(Cc2cccc(OC)c2)CCCN(Cc2cnc(SC)nc2)C1. The summed E-state index contributed by atoms with van der Waals surface area (Å²) in [5.74, 6) is 0.696. The molecule has 7 heteroatoms. The first-order valence-electron chi connectivity index (χ1n) is 9.96. The summed E-state index contributed by atoms with van der Waals surface area (Å²) in [6.07, 6.45) is 8.13. The average molecular weight is 416 g/mol. The molecular formula is C22H29N3O3S. The third-order valence-electron chi connectivity index (χ3n) is 5.31. The lowest BCUT2D eigenvalue weighted by Gasteiger charge is -2.41. The molecule has 156 valence electrons. The Morgan fingerprint density at radius 2 is 2.07 bits per heavy atom. The zero-order valence-electron chi connectivity index (χ0n) is 17.4. The number of piperidine rings is 1. The Labute approximate surface area is 177 Å². The van der Waals surface area contributed by atoms with Crippen LogP contribution in [0.1, 0.15) is 30.9 Å². The number of thioether (sulfide) groups is 1. The van der Waals surface area contributed by atoms with Crippen molar-refractivity contribution in [2.24, 2.45) is 5.41 Å². The van der Waals surface area contributed by atoms with Crippen LogP contribution in [0.2, 0.25) is 0 Å². The van der Waals surface area contributed by atoms with E-state index in [-0.39, 0.29) is 5.97 Å². The van der Waals surface area contributed by atoms with Crippen molar-refractivity contribution in [1.82, 2.24) is 14.9 Å². The predicted octanol–water partition coefficient (Wildman–Crippen LogP) is 3.60. The molecule has 1 saturated heterocycles. The van der Waals surface area contributed by atoms with E-state index in [1.54, 1.807) is 7.11 Å². The van der Waals surface area contributed by atoms with Gasteiger partial charge in [-0.25, -0.2) is 9.97 Å². The second-order valence-corrected chi connectivity index (χ2v) is 8.19. The molecule has 1 aliphatic heterocycles. The van der Waals surface area contributed by atoms with Gasteiger partial charge in [0.1, 0.15) is 5.75 Å². The molecule has 2 aromatic rings. The van der Waals surface area contributed by atoms with E-state index in [1.807, 2.05) is 43.8 Å². The van der Waals surface area contributed by atoms with E-state index >= 15 is 0 Å². The summed E-state index contributed by atoms with van der Waals surface area (Å²) >= 11 is 1.53. The Hall–Kier alpha value is -2.12. The van der Waals surface area contributed by atoms with E-state index in [1.165, 1.54) is 11.8 Å². The highest BCUT2D eigenvalue weighted by Crippen LogP contribution is 2.36. The predicted molar refractivity (Wildman–Crippen MR) is 114 cm³/mol. The van der Waals surface area contributed by atoms with Gasteiger partial charge in [0.2, 0.25) is 0 Å². The second kappa shape index (κ2) is 10.1. The molecule has 0 amide bonds. The molecule has 0 saturated carbocycles. The van der Waals surface area contributed by atoms with Gasteiger partial charge in [0.25, 0.3) is 0 Å². The Morgan fingerprint density at radius 1 is 1.28 bits per heavy atom. The van der Waals surface area contributed by atoms with Crippen molar-refractivity contribution < 1.29 is 14.3 Å². The first-order valence-corrected chi connectivity index (χ1v) is 11.2. The molecule has 0 bridgehead atoms. The van der Waals surface area contributed by atoms with E-state index in [4.69, 9.17) is 9.47 Å². The van der Waals surface area contributed by atoms with Gasteiger partial charge < -0.3 is 9.47 Å². The van der Waals surface area contributed by atoms with Crippen LogP contribution in [-0.4, -0.2) is 53.9 Å². The van der Waals surface area contributed by atoms with Gasteiger partial charge in [-0.05, 0) is 56.7 Å². The molecule has 0 spiro atoms. The fraction of sp³-hybridized carbons (Fsp3) is 0.500. The number of carbonyl (C=O) groups is 1. The molecule has 1 fully saturated rings. The van der Waals surface area contributed by atoms with E-state index in [0.717, 1.165) is 48.0 Å². The lowest BCUT2D eigenvalue weighted by Crippen LogP contribution is -2.49. The molecule has 1 atom stereocenters. The first kappa shape index (κ1) is 21.6. The quantitative estimate of drug-likeness (QED) is 0.371. The maximum Gasteiger partial charge on any atom is 0.313 e. The number of hydrogen-bond acceptors (Lipinski definition) is 7. The van der Waals surface area contributed by atoms with Crippen LogP contribution in [-0.2, 0) is 22.5 Å². The number of carbonyl (C=O) groups excluding carboxylic acids is 1. The molecule has 1 aliphatic rings. The van der Waals surface area contributed by atoms with Gasteiger partial charge in [0.15, 0.2) is 5.16 Å². The molecular weight excluding hydrogens is 386 g/mol. The van der Waals surface area contributed by atoms with Gasteiger partial charge in [-0.1, -0.05) is 23.9 Å². The minimum atomic E-state index is -0.555. The largest absolute Gasteiger partial charge is 0.497 e. The lowest BCUT2D eigenvalue weighted by atomic mass is 9.75. The standard InChI is InChI=1S/C22H29N3O3S/c1-4-28-20(26)22(12-17-7-5-8-19(11-17)27-2)9-6-10-25(16-22)15-18-13-23-21(29-3)24-14-18/h5,7-8,11,13-14H,4,6,9-10,12,15-16H2,1-3H3/t22-/m0/s1. The highest BCUT2D eigenvalue weighted by Gasteiger charge is 2.43. The average Bonchev–Trinajstić information content (AvgIpc) is 2.75. The van der Waals surface area contributed by atoms with Crippen LogP contribution in [0.4, 0.5) is 0 Å². The maximum absolute atomic E-state index is 13.1. The normalized spacial score (nSPS) is 19.7. The summed E-state index contributed by atoms with van der Waals surface area (Å²) in [6.45, 7) is 4.59. The van der Waals surface area contributed by atoms with Crippen molar-refractivity contribution in [3.05, 3.63) is 47.8 Å². The fourth-order valence-corrected chi connectivity index (χ4v) is 4.31. The van der Waals surface area contributed by atoms with Crippen LogP contribution in [0.25, 0.3) is 0 Å². The first-order chi connectivity index (χ1) is 14.1. The van der Waals surface area contributed by atoms with E-state index in [0.29, 0.717) is 19.6 Å². The monoisotopic (exact) mass is 415 g/mol. The van der Waals surface area contributed by atoms with Gasteiger partial charge in [-0.15, -0.1) is 0 Å². The van der Waals surface area contributed by atoms with Crippen LogP contribution in [0, 0.1) is 5.41 Å². The number of likely N-dealkylation sites (tertiary alicyclic amines) is 1. The minimum absolute atomic E-state index is 0.110. The number of methoxy groups -OCH3 is 1. The summed E-state index contributed by atoms with van der Waals surface area (Å²) in [5, 5.41) is 0.770. The van der Waals surface area contributed by atoms with Crippen molar-refractivity contribution in [2.45, 2.75) is 37.9 Å². The second-order valence-electron chi connectivity index (χ2n) is 7.42. The van der Waals surface area contributed by atoms with Crippen LogP contribution in [0.15, 0.2) is 41.8 Å². The van der Waals surface area contributed by atoms with Crippen molar-refractivity contribution in [3.63, 3.8) is 0 Å². The van der Waals surface area contributed by atoms with Crippen molar-refractivity contribution in [2.75, 3.05) is 33.1 Å². The third kappa shape index (κ3) is 5.48. The van der Waals surface area contributed by atoms with Crippen molar-refractivity contribution in [1.29, 1.82) is 0 Å². The molecule has 0 aliphatic carbocycles. The number of aromatic nitrogens is 2. The van der Waals surface area contributed by atoms with Gasteiger partial charge >= 0.3 is 5.97 Å². The molecule has 0 radical (unpaired) electrons. The van der Waals surface area contributed by atoms with Crippen LogP contribution in [0.5, 0.6) is 5.75 Å². The zero-order valence-corrected chi connectivity index (χ0v) is 18.2. The van der Waals surface area contributed by atoms with Crippen molar-refractivity contribution in [3.8, 4) is 5.75 Å². The fourth-order valence-electron chi connectivity index (χ4n) is 3.99. The lowest BCUT2D eigenvalue weighted by molar-refractivity contribution is -0.159. The van der Waals surface area contributed by atoms with Crippen LogP contribution in [0.3, 0.4) is 0 Å². The van der Waals surface area contributed by atoms with Crippen LogP contribution < -0.4 is 4.74 Å². The zero-order chi connectivity index (χ0) is 20.7. The summed E-state index contributed by atoms with van der Waals surface area (Å²) in [7, 11) is 1.66. The molecule has 2 heterocycles. The highest BCUT2D eigenvalue weighted by atomic mass is 32.2. The van der Waals surface area contributed by atoms with Crippen LogP contribution >= 0.6 is 11.8 Å². The number of hydrogen-bond donors (Lipinski definition) is 0. The molecule has 3 rings (SSSR count). The summed E-state index contributed by atoms with van der Waals surface area (Å²) in [4.78, 5) is 24.1. The molecule has 0 unspecified atom stereocenters. The smallest absolute Gasteiger partial charge is 0.313 e. The number of esters is 1. The Balaban J connectivity index is 1.79. The number of nitrogens with zero attached hydrogens (tertiary/aromatic N) is 3. The van der Waals surface area contributed by atoms with E-state index < -0.39 is 5.41 Å². The molecule has 1 aromatic carbocycles. The molecule has 1 aromatic heterocycles. The number of ether oxygens (including phenoxy) is 2. The Bertz CT molecular complexity index is 815. The van der Waals surface area contributed by atoms with Gasteiger partial charge in [0, 0.05) is 31.0 Å².